The summed E-state index contributed by atoms with van der Waals surface area (Å²) in [5, 5.41) is 9.19. The second-order valence-electron chi connectivity index (χ2n) is 5.39. The predicted octanol–water partition coefficient (Wildman–Crippen LogP) is 2.10. The van der Waals surface area contributed by atoms with E-state index in [1.807, 2.05) is 19.1 Å². The van der Waals surface area contributed by atoms with Gasteiger partial charge in [0.25, 0.3) is 0 Å². The normalized spacial score (nSPS) is 23.3. The summed E-state index contributed by atoms with van der Waals surface area (Å²) in [7, 11) is 1.74. The van der Waals surface area contributed by atoms with E-state index in [0.29, 0.717) is 12.8 Å². The molecular formula is C15H20N2O3. The lowest BCUT2D eigenvalue weighted by molar-refractivity contribution is -0.149. The summed E-state index contributed by atoms with van der Waals surface area (Å²) in [6.45, 7) is 1.94. The van der Waals surface area contributed by atoms with Crippen molar-refractivity contribution in [2.24, 2.45) is 11.8 Å². The van der Waals surface area contributed by atoms with Crippen LogP contribution in [-0.2, 0) is 9.59 Å². The molecule has 1 N–H and O–H groups in total. The van der Waals surface area contributed by atoms with Gasteiger partial charge in [0.1, 0.15) is 0 Å². The molecule has 0 radical (unpaired) electrons. The maximum Gasteiger partial charge on any atom is 0.307 e. The zero-order chi connectivity index (χ0) is 14.7. The fourth-order valence-electron chi connectivity index (χ4n) is 2.87. The van der Waals surface area contributed by atoms with Gasteiger partial charge in [0.15, 0.2) is 0 Å². The number of carbonyl (C=O) groups is 2. The van der Waals surface area contributed by atoms with Crippen molar-refractivity contribution in [3.05, 3.63) is 30.1 Å². The number of pyridine rings is 1. The van der Waals surface area contributed by atoms with E-state index < -0.39 is 11.9 Å². The molecule has 1 aromatic heterocycles. The van der Waals surface area contributed by atoms with Crippen LogP contribution in [0.3, 0.4) is 0 Å². The summed E-state index contributed by atoms with van der Waals surface area (Å²) in [6.07, 6.45) is 5.47. The van der Waals surface area contributed by atoms with Gasteiger partial charge in [0.05, 0.1) is 17.9 Å². The van der Waals surface area contributed by atoms with Crippen molar-refractivity contribution in [2.45, 2.75) is 32.2 Å². The van der Waals surface area contributed by atoms with Crippen molar-refractivity contribution in [2.75, 3.05) is 7.05 Å². The third-order valence-electron chi connectivity index (χ3n) is 4.27. The highest BCUT2D eigenvalue weighted by Crippen LogP contribution is 2.34. The number of amides is 1. The third-order valence-corrected chi connectivity index (χ3v) is 4.27. The zero-order valence-electron chi connectivity index (χ0n) is 11.8. The standard InChI is InChI=1S/C15H20N2O3/c1-10(11-6-8-16-9-7-11)17(2)14(18)12-4-3-5-13(12)15(19)20/h6-10,12-13H,3-5H2,1-2H3,(H,19,20). The number of hydrogen-bond acceptors (Lipinski definition) is 3. The summed E-state index contributed by atoms with van der Waals surface area (Å²) in [6, 6.07) is 3.66. The number of aromatic nitrogens is 1. The summed E-state index contributed by atoms with van der Waals surface area (Å²) in [5.74, 6) is -1.85. The van der Waals surface area contributed by atoms with Crippen molar-refractivity contribution in [3.63, 3.8) is 0 Å². The van der Waals surface area contributed by atoms with E-state index in [9.17, 15) is 14.7 Å². The molecule has 0 spiro atoms. The van der Waals surface area contributed by atoms with Gasteiger partial charge >= 0.3 is 5.97 Å². The van der Waals surface area contributed by atoms with Crippen LogP contribution < -0.4 is 0 Å². The lowest BCUT2D eigenvalue weighted by Crippen LogP contribution is -2.38. The number of rotatable bonds is 4. The average molecular weight is 276 g/mol. The maximum absolute atomic E-state index is 12.5. The van der Waals surface area contributed by atoms with Crippen molar-refractivity contribution in [1.82, 2.24) is 9.88 Å². The van der Waals surface area contributed by atoms with Crippen molar-refractivity contribution < 1.29 is 14.7 Å². The molecule has 1 amide bonds. The van der Waals surface area contributed by atoms with E-state index in [4.69, 9.17) is 0 Å². The number of hydrogen-bond donors (Lipinski definition) is 1. The van der Waals surface area contributed by atoms with E-state index in [0.717, 1.165) is 12.0 Å². The van der Waals surface area contributed by atoms with Crippen LogP contribution in [0, 0.1) is 11.8 Å². The molecule has 0 aromatic carbocycles. The molecule has 20 heavy (non-hydrogen) atoms. The number of nitrogens with zero attached hydrogens (tertiary/aromatic N) is 2. The summed E-state index contributed by atoms with van der Waals surface area (Å²) in [5.41, 5.74) is 1.00. The van der Waals surface area contributed by atoms with Gasteiger partial charge in [-0.2, -0.15) is 0 Å². The molecule has 2 rings (SSSR count). The van der Waals surface area contributed by atoms with Gasteiger partial charge < -0.3 is 10.0 Å². The zero-order valence-corrected chi connectivity index (χ0v) is 11.8. The minimum absolute atomic E-state index is 0.0702. The highest BCUT2D eigenvalue weighted by atomic mass is 16.4. The van der Waals surface area contributed by atoms with Gasteiger partial charge in [0, 0.05) is 19.4 Å². The molecule has 1 fully saturated rings. The molecule has 5 heteroatoms. The molecule has 108 valence electrons. The Morgan fingerprint density at radius 1 is 1.30 bits per heavy atom. The Bertz CT molecular complexity index is 489. The van der Waals surface area contributed by atoms with E-state index in [1.165, 1.54) is 0 Å². The van der Waals surface area contributed by atoms with Crippen LogP contribution in [0.1, 0.15) is 37.8 Å². The molecule has 1 aliphatic carbocycles. The Hall–Kier alpha value is -1.91. The molecule has 0 bridgehead atoms. The molecule has 1 saturated carbocycles. The fourth-order valence-corrected chi connectivity index (χ4v) is 2.87. The average Bonchev–Trinajstić information content (AvgIpc) is 2.95. The summed E-state index contributed by atoms with van der Waals surface area (Å²) < 4.78 is 0. The molecule has 0 aliphatic heterocycles. The van der Waals surface area contributed by atoms with E-state index in [2.05, 4.69) is 4.98 Å². The van der Waals surface area contributed by atoms with Crippen LogP contribution >= 0.6 is 0 Å². The van der Waals surface area contributed by atoms with E-state index >= 15 is 0 Å². The Kier molecular flexibility index (Phi) is 4.37. The second-order valence-corrected chi connectivity index (χ2v) is 5.39. The van der Waals surface area contributed by atoms with Crippen LogP contribution in [0.5, 0.6) is 0 Å². The van der Waals surface area contributed by atoms with Crippen LogP contribution in [0.2, 0.25) is 0 Å². The SMILES string of the molecule is CC(c1ccncc1)N(C)C(=O)C1CCCC1C(=O)O. The van der Waals surface area contributed by atoms with Crippen LogP contribution in [0.15, 0.2) is 24.5 Å². The van der Waals surface area contributed by atoms with Crippen LogP contribution in [0.4, 0.5) is 0 Å². The van der Waals surface area contributed by atoms with Gasteiger partial charge in [-0.05, 0) is 37.5 Å². The fraction of sp³-hybridized carbons (Fsp3) is 0.533. The molecule has 1 aliphatic rings. The van der Waals surface area contributed by atoms with Gasteiger partial charge in [-0.1, -0.05) is 6.42 Å². The first kappa shape index (κ1) is 14.5. The molecule has 3 atom stereocenters. The monoisotopic (exact) mass is 276 g/mol. The van der Waals surface area contributed by atoms with E-state index in [-0.39, 0.29) is 17.9 Å². The van der Waals surface area contributed by atoms with Crippen LogP contribution in [0.25, 0.3) is 0 Å². The highest BCUT2D eigenvalue weighted by molar-refractivity contribution is 5.85. The molecule has 1 heterocycles. The molecule has 1 aromatic rings. The van der Waals surface area contributed by atoms with Gasteiger partial charge in [-0.3, -0.25) is 14.6 Å². The minimum Gasteiger partial charge on any atom is -0.481 e. The second kappa shape index (κ2) is 6.03. The number of carboxylic acids is 1. The largest absolute Gasteiger partial charge is 0.481 e. The molecule has 5 nitrogen and oxygen atoms in total. The topological polar surface area (TPSA) is 70.5 Å². The van der Waals surface area contributed by atoms with Crippen molar-refractivity contribution >= 4 is 11.9 Å². The molecule has 0 saturated heterocycles. The Morgan fingerprint density at radius 2 is 1.90 bits per heavy atom. The van der Waals surface area contributed by atoms with Gasteiger partial charge in [0.2, 0.25) is 5.91 Å². The smallest absolute Gasteiger partial charge is 0.307 e. The van der Waals surface area contributed by atoms with E-state index in [1.54, 1.807) is 24.3 Å². The quantitative estimate of drug-likeness (QED) is 0.914. The van der Waals surface area contributed by atoms with Gasteiger partial charge in [-0.25, -0.2) is 0 Å². The first-order chi connectivity index (χ1) is 9.52. The highest BCUT2D eigenvalue weighted by Gasteiger charge is 2.39. The molecular weight excluding hydrogens is 256 g/mol. The van der Waals surface area contributed by atoms with Crippen molar-refractivity contribution in [3.8, 4) is 0 Å². The van der Waals surface area contributed by atoms with Gasteiger partial charge in [-0.15, -0.1) is 0 Å². The Labute approximate surface area is 118 Å². The first-order valence-corrected chi connectivity index (χ1v) is 6.91. The molecule has 3 unspecified atom stereocenters. The summed E-state index contributed by atoms with van der Waals surface area (Å²) in [4.78, 5) is 29.3. The lowest BCUT2D eigenvalue weighted by atomic mass is 9.94. The Morgan fingerprint density at radius 3 is 2.50 bits per heavy atom. The predicted molar refractivity (Wildman–Crippen MR) is 73.9 cm³/mol. The minimum atomic E-state index is -0.856. The summed E-state index contributed by atoms with van der Waals surface area (Å²) >= 11 is 0. The lowest BCUT2D eigenvalue weighted by Gasteiger charge is -2.29. The number of carbonyl (C=O) groups excluding carboxylic acids is 1. The third kappa shape index (κ3) is 2.81. The van der Waals surface area contributed by atoms with Crippen LogP contribution in [-0.4, -0.2) is 33.9 Å². The number of aliphatic carboxylic acids is 1. The van der Waals surface area contributed by atoms with Crippen molar-refractivity contribution in [1.29, 1.82) is 0 Å². The number of carboxylic acid groups (broad SMARTS) is 1. The Balaban J connectivity index is 2.10. The first-order valence-electron chi connectivity index (χ1n) is 6.91. The maximum atomic E-state index is 12.5.